The van der Waals surface area contributed by atoms with Crippen molar-refractivity contribution in [2.24, 2.45) is 17.8 Å². The summed E-state index contributed by atoms with van der Waals surface area (Å²) in [5.74, 6) is 0.144. The van der Waals surface area contributed by atoms with Crippen LogP contribution in [0.1, 0.15) is 382 Å². The highest BCUT2D eigenvalue weighted by atomic mass is 31.2. The maximum Gasteiger partial charge on any atom is 0.472 e. The van der Waals surface area contributed by atoms with Gasteiger partial charge in [-0.15, -0.1) is 0 Å². The van der Waals surface area contributed by atoms with Crippen LogP contribution in [-0.2, 0) is 65.4 Å². The third kappa shape index (κ3) is 68.6. The van der Waals surface area contributed by atoms with Crippen LogP contribution in [0.15, 0.2) is 0 Å². The molecule has 2 unspecified atom stereocenters. The second-order valence-corrected chi connectivity index (χ2v) is 31.4. The summed E-state index contributed by atoms with van der Waals surface area (Å²) in [5, 5.41) is 10.6. The Hall–Kier alpha value is -1.94. The van der Waals surface area contributed by atoms with Gasteiger partial charge in [-0.1, -0.05) is 331 Å². The number of aliphatic hydroxyl groups is 1. The molecule has 0 amide bonds. The van der Waals surface area contributed by atoms with Crippen molar-refractivity contribution in [1.29, 1.82) is 0 Å². The van der Waals surface area contributed by atoms with Crippen LogP contribution in [0.4, 0.5) is 0 Å². The van der Waals surface area contributed by atoms with Gasteiger partial charge < -0.3 is 33.8 Å². The zero-order chi connectivity index (χ0) is 69.4. The first-order valence-corrected chi connectivity index (χ1v) is 41.8. The van der Waals surface area contributed by atoms with E-state index < -0.39 is 97.5 Å². The van der Waals surface area contributed by atoms with E-state index in [0.29, 0.717) is 31.6 Å². The van der Waals surface area contributed by atoms with Crippen molar-refractivity contribution in [3.63, 3.8) is 0 Å². The van der Waals surface area contributed by atoms with E-state index in [1.54, 1.807) is 0 Å². The molecule has 558 valence electrons. The molecule has 0 aliphatic carbocycles. The lowest BCUT2D eigenvalue weighted by Gasteiger charge is -2.21. The van der Waals surface area contributed by atoms with Crippen LogP contribution >= 0.6 is 15.6 Å². The number of hydrogen-bond donors (Lipinski definition) is 3. The van der Waals surface area contributed by atoms with Crippen molar-refractivity contribution in [3.05, 3.63) is 0 Å². The number of carbonyl (C=O) groups is 4. The third-order valence-electron chi connectivity index (χ3n) is 17.4. The molecule has 0 aliphatic rings. The number of esters is 4. The van der Waals surface area contributed by atoms with Crippen LogP contribution in [0.3, 0.4) is 0 Å². The van der Waals surface area contributed by atoms with Gasteiger partial charge in [-0.3, -0.25) is 37.3 Å². The molecule has 0 spiro atoms. The molecule has 19 heteroatoms. The van der Waals surface area contributed by atoms with E-state index in [0.717, 1.165) is 108 Å². The Morgan fingerprint density at radius 1 is 0.287 bits per heavy atom. The summed E-state index contributed by atoms with van der Waals surface area (Å²) >= 11 is 0. The summed E-state index contributed by atoms with van der Waals surface area (Å²) in [6.45, 7) is 11.9. The van der Waals surface area contributed by atoms with Crippen molar-refractivity contribution in [2.75, 3.05) is 39.6 Å². The van der Waals surface area contributed by atoms with Gasteiger partial charge in [0.05, 0.1) is 26.4 Å². The smallest absolute Gasteiger partial charge is 0.462 e. The minimum atomic E-state index is -4.96. The quantitative estimate of drug-likeness (QED) is 0.0222. The summed E-state index contributed by atoms with van der Waals surface area (Å²) in [6.07, 6.45) is 51.3. The lowest BCUT2D eigenvalue weighted by Crippen LogP contribution is -2.30. The number of hydrogen-bond acceptors (Lipinski definition) is 15. The molecule has 3 N–H and O–H groups in total. The topological polar surface area (TPSA) is 237 Å². The molecule has 0 bridgehead atoms. The largest absolute Gasteiger partial charge is 0.472 e. The minimum absolute atomic E-state index is 0.107. The summed E-state index contributed by atoms with van der Waals surface area (Å²) in [5.41, 5.74) is 0. The van der Waals surface area contributed by atoms with E-state index >= 15 is 0 Å². The van der Waals surface area contributed by atoms with Gasteiger partial charge in [0.2, 0.25) is 0 Å². The number of carbonyl (C=O) groups excluding carboxylic acids is 4. The summed E-state index contributed by atoms with van der Waals surface area (Å²) in [6, 6.07) is 0. The Kier molecular flexibility index (Phi) is 64.3. The molecule has 0 aromatic rings. The predicted octanol–water partition coefficient (Wildman–Crippen LogP) is 21.8. The fourth-order valence-electron chi connectivity index (χ4n) is 11.4. The van der Waals surface area contributed by atoms with Crippen LogP contribution in [0, 0.1) is 17.8 Å². The SMILES string of the molecule is CCCCCCCCCCCCCCCCC(=O)O[C@H](COC(=O)CCCCCCCCCC(C)C)COP(=O)(O)OC[C@H](O)COP(=O)(O)OC[C@@H](COC(=O)CCCCCCCCCCCCCC(C)C)OC(=O)CCCCCCCCCCCCCCCC(C)C. The summed E-state index contributed by atoms with van der Waals surface area (Å²) < 4.78 is 68.5. The fourth-order valence-corrected chi connectivity index (χ4v) is 13.0. The lowest BCUT2D eigenvalue weighted by molar-refractivity contribution is -0.161. The molecule has 17 nitrogen and oxygen atoms in total. The second-order valence-electron chi connectivity index (χ2n) is 28.5. The molecule has 0 heterocycles. The van der Waals surface area contributed by atoms with Crippen LogP contribution in [0.25, 0.3) is 0 Å². The normalized spacial score (nSPS) is 14.1. The van der Waals surface area contributed by atoms with Crippen molar-refractivity contribution < 1.29 is 80.2 Å². The van der Waals surface area contributed by atoms with Crippen molar-refractivity contribution >= 4 is 39.5 Å². The molecule has 0 radical (unpaired) electrons. The molecule has 0 aliphatic heterocycles. The maximum atomic E-state index is 13.1. The van der Waals surface area contributed by atoms with E-state index in [1.807, 2.05) is 0 Å². The molecule has 5 atom stereocenters. The van der Waals surface area contributed by atoms with E-state index in [2.05, 4.69) is 48.5 Å². The first-order chi connectivity index (χ1) is 45.2. The van der Waals surface area contributed by atoms with Crippen molar-refractivity contribution in [2.45, 2.75) is 401 Å². The Morgan fingerprint density at radius 2 is 0.489 bits per heavy atom. The van der Waals surface area contributed by atoms with Gasteiger partial charge in [0, 0.05) is 25.7 Å². The fraction of sp³-hybridized carbons (Fsp3) is 0.947. The molecule has 0 saturated carbocycles. The number of rotatable bonds is 73. The molecule has 0 rings (SSSR count). The monoisotopic (exact) mass is 1380 g/mol. The zero-order valence-corrected chi connectivity index (χ0v) is 63.2. The highest BCUT2D eigenvalue weighted by Crippen LogP contribution is 2.45. The average molecular weight is 1380 g/mol. The molecular formula is C75H146O17P2. The van der Waals surface area contributed by atoms with E-state index in [1.165, 1.54) is 186 Å². The van der Waals surface area contributed by atoms with Crippen molar-refractivity contribution in [1.82, 2.24) is 0 Å². The molecule has 94 heavy (non-hydrogen) atoms. The highest BCUT2D eigenvalue weighted by Gasteiger charge is 2.30. The zero-order valence-electron chi connectivity index (χ0n) is 61.4. The number of unbranched alkanes of at least 4 members (excludes halogenated alkanes) is 41. The second kappa shape index (κ2) is 65.7. The van der Waals surface area contributed by atoms with Crippen LogP contribution in [-0.4, -0.2) is 96.7 Å². The molecule has 0 fully saturated rings. The molecule has 0 saturated heterocycles. The first kappa shape index (κ1) is 92.1. The van der Waals surface area contributed by atoms with Crippen LogP contribution in [0.5, 0.6) is 0 Å². The highest BCUT2D eigenvalue weighted by molar-refractivity contribution is 7.47. The summed E-state index contributed by atoms with van der Waals surface area (Å²) in [4.78, 5) is 72.8. The van der Waals surface area contributed by atoms with Crippen molar-refractivity contribution in [3.8, 4) is 0 Å². The average Bonchev–Trinajstić information content (AvgIpc) is 1.74. The van der Waals surface area contributed by atoms with Gasteiger partial charge in [-0.2, -0.15) is 0 Å². The number of ether oxygens (including phenoxy) is 4. The van der Waals surface area contributed by atoms with E-state index in [9.17, 15) is 43.2 Å². The summed E-state index contributed by atoms with van der Waals surface area (Å²) in [7, 11) is -9.91. The Balaban J connectivity index is 5.26. The Bertz CT molecular complexity index is 1840. The molecular weight excluding hydrogens is 1230 g/mol. The Labute approximate surface area is 575 Å². The van der Waals surface area contributed by atoms with E-state index in [4.69, 9.17) is 37.0 Å². The van der Waals surface area contributed by atoms with Crippen LogP contribution < -0.4 is 0 Å². The van der Waals surface area contributed by atoms with Gasteiger partial charge in [0.1, 0.15) is 19.3 Å². The van der Waals surface area contributed by atoms with Gasteiger partial charge in [-0.25, -0.2) is 9.13 Å². The predicted molar refractivity (Wildman–Crippen MR) is 381 cm³/mol. The van der Waals surface area contributed by atoms with Gasteiger partial charge in [-0.05, 0) is 43.4 Å². The van der Waals surface area contributed by atoms with Gasteiger partial charge >= 0.3 is 39.5 Å². The number of phosphoric ester groups is 2. The van der Waals surface area contributed by atoms with Crippen LogP contribution in [0.2, 0.25) is 0 Å². The van der Waals surface area contributed by atoms with Gasteiger partial charge in [0.15, 0.2) is 12.2 Å². The van der Waals surface area contributed by atoms with Gasteiger partial charge in [0.25, 0.3) is 0 Å². The third-order valence-corrected chi connectivity index (χ3v) is 19.3. The molecule has 0 aromatic heterocycles. The molecule has 0 aromatic carbocycles. The first-order valence-electron chi connectivity index (χ1n) is 38.8. The number of phosphoric acid groups is 2. The minimum Gasteiger partial charge on any atom is -0.462 e. The Morgan fingerprint density at radius 3 is 0.723 bits per heavy atom. The number of aliphatic hydroxyl groups excluding tert-OH is 1. The lowest BCUT2D eigenvalue weighted by atomic mass is 10.0. The van der Waals surface area contributed by atoms with E-state index in [-0.39, 0.29) is 25.7 Å². The maximum absolute atomic E-state index is 13.1. The standard InChI is InChI=1S/C75H146O17P2/c1-8-9-10-11-12-13-14-15-18-23-29-36-44-51-58-75(80)92-71(63-86-73(78)57-50-43-38-31-34-41-48-55-68(6)7)65-90-94(83,84)88-61-69(76)60-87-93(81,82)89-64-70(62-85-72(77)56-49-42-35-28-25-20-22-27-33-40-47-54-67(4)5)91-74(79)59-52-45-37-30-24-19-16-17-21-26-32-39-46-53-66(2)3/h66-71,76H,8-65H2,1-7H3,(H,81,82)(H,83,84)/t69-,70-,71-/m1/s1.